The molecule has 1 atom stereocenters. The van der Waals surface area contributed by atoms with Crippen LogP contribution in [0.15, 0.2) is 59.1 Å². The summed E-state index contributed by atoms with van der Waals surface area (Å²) in [4.78, 5) is 0. The van der Waals surface area contributed by atoms with E-state index in [4.69, 9.17) is 5.73 Å². The highest BCUT2D eigenvalue weighted by Crippen LogP contribution is 2.34. The molecule has 106 valence electrons. The van der Waals surface area contributed by atoms with E-state index in [-0.39, 0.29) is 6.04 Å². The van der Waals surface area contributed by atoms with Crippen LogP contribution in [0.4, 0.5) is 0 Å². The largest absolute Gasteiger partial charge is 0.320 e. The molecule has 2 N–H and O–H groups in total. The Morgan fingerprint density at radius 3 is 2.43 bits per heavy atom. The molecule has 0 bridgehead atoms. The van der Waals surface area contributed by atoms with Gasteiger partial charge in [-0.3, -0.25) is 0 Å². The van der Waals surface area contributed by atoms with E-state index in [2.05, 4.69) is 84.4 Å². The smallest absolute Gasteiger partial charge is 0.0571 e. The van der Waals surface area contributed by atoms with E-state index in [0.29, 0.717) is 0 Å². The van der Waals surface area contributed by atoms with Gasteiger partial charge in [0.05, 0.1) is 6.04 Å². The Balaban J connectivity index is 2.24. The lowest BCUT2D eigenvalue weighted by atomic mass is 9.90. The van der Waals surface area contributed by atoms with Crippen LogP contribution in [0.3, 0.4) is 0 Å². The first-order valence-corrected chi connectivity index (χ1v) is 7.87. The Kier molecular flexibility index (Phi) is 3.83. The molecule has 1 unspecified atom stereocenters. The zero-order valence-electron chi connectivity index (χ0n) is 12.2. The molecule has 1 nitrogen and oxygen atoms in total. The van der Waals surface area contributed by atoms with Gasteiger partial charge >= 0.3 is 0 Å². The fraction of sp³-hybridized carbons (Fsp3) is 0.158. The van der Waals surface area contributed by atoms with Crippen molar-refractivity contribution in [3.05, 3.63) is 81.3 Å². The Morgan fingerprint density at radius 1 is 0.857 bits per heavy atom. The SMILES string of the molecule is Cc1cccc(C(N)c2c(C)ccc3ccccc23)c1Br. The summed E-state index contributed by atoms with van der Waals surface area (Å²) in [7, 11) is 0. The van der Waals surface area contributed by atoms with Crippen molar-refractivity contribution in [1.82, 2.24) is 0 Å². The van der Waals surface area contributed by atoms with Gasteiger partial charge in [0, 0.05) is 4.47 Å². The predicted octanol–water partition coefficient (Wildman–Crippen LogP) is 5.27. The highest BCUT2D eigenvalue weighted by molar-refractivity contribution is 9.10. The quantitative estimate of drug-likeness (QED) is 0.676. The molecule has 0 aliphatic rings. The molecule has 0 saturated carbocycles. The Morgan fingerprint density at radius 2 is 1.62 bits per heavy atom. The molecule has 2 heteroatoms. The van der Waals surface area contributed by atoms with Gasteiger partial charge in [0.15, 0.2) is 0 Å². The first kappa shape index (κ1) is 14.3. The minimum atomic E-state index is -0.134. The maximum absolute atomic E-state index is 6.62. The van der Waals surface area contributed by atoms with E-state index in [1.807, 2.05) is 0 Å². The van der Waals surface area contributed by atoms with E-state index in [1.54, 1.807) is 0 Å². The first-order chi connectivity index (χ1) is 10.1. The standard InChI is InChI=1S/C19H18BrN/c1-12-10-11-14-7-3-4-8-15(14)17(12)19(21)16-9-5-6-13(2)18(16)20/h3-11,19H,21H2,1-2H3. The van der Waals surface area contributed by atoms with Crippen molar-refractivity contribution in [2.24, 2.45) is 5.73 Å². The van der Waals surface area contributed by atoms with Gasteiger partial charge in [-0.25, -0.2) is 0 Å². The van der Waals surface area contributed by atoms with Gasteiger partial charge in [-0.05, 0) is 46.9 Å². The summed E-state index contributed by atoms with van der Waals surface area (Å²) in [5, 5.41) is 2.47. The minimum absolute atomic E-state index is 0.134. The van der Waals surface area contributed by atoms with Crippen molar-refractivity contribution in [1.29, 1.82) is 0 Å². The Bertz CT molecular complexity index is 808. The topological polar surface area (TPSA) is 26.0 Å². The van der Waals surface area contributed by atoms with Gasteiger partial charge in [-0.15, -0.1) is 0 Å². The van der Waals surface area contributed by atoms with Crippen LogP contribution in [0, 0.1) is 13.8 Å². The molecular formula is C19H18BrN. The maximum Gasteiger partial charge on any atom is 0.0571 e. The summed E-state index contributed by atoms with van der Waals surface area (Å²) >= 11 is 3.69. The van der Waals surface area contributed by atoms with Gasteiger partial charge < -0.3 is 5.73 Å². The van der Waals surface area contributed by atoms with Crippen LogP contribution in [-0.2, 0) is 0 Å². The molecule has 0 spiro atoms. The second kappa shape index (κ2) is 5.63. The normalized spacial score (nSPS) is 12.6. The molecule has 3 rings (SSSR count). The van der Waals surface area contributed by atoms with Gasteiger partial charge in [-0.2, -0.15) is 0 Å². The number of rotatable bonds is 2. The summed E-state index contributed by atoms with van der Waals surface area (Å²) in [5.41, 5.74) is 11.4. The third kappa shape index (κ3) is 2.50. The van der Waals surface area contributed by atoms with Crippen molar-refractivity contribution in [2.75, 3.05) is 0 Å². The number of fused-ring (bicyclic) bond motifs is 1. The second-order valence-corrected chi connectivity index (χ2v) is 6.27. The molecule has 3 aromatic carbocycles. The Hall–Kier alpha value is -1.64. The highest BCUT2D eigenvalue weighted by atomic mass is 79.9. The molecule has 0 radical (unpaired) electrons. The summed E-state index contributed by atoms with van der Waals surface area (Å²) in [6.45, 7) is 4.22. The maximum atomic E-state index is 6.62. The van der Waals surface area contributed by atoms with Crippen molar-refractivity contribution in [3.8, 4) is 0 Å². The van der Waals surface area contributed by atoms with Crippen LogP contribution in [0.1, 0.15) is 28.3 Å². The third-order valence-corrected chi connectivity index (χ3v) is 5.14. The zero-order chi connectivity index (χ0) is 15.0. The number of nitrogens with two attached hydrogens (primary N) is 1. The van der Waals surface area contributed by atoms with E-state index < -0.39 is 0 Å². The fourth-order valence-corrected chi connectivity index (χ4v) is 3.39. The van der Waals surface area contributed by atoms with Crippen molar-refractivity contribution >= 4 is 26.7 Å². The molecule has 0 heterocycles. The summed E-state index contributed by atoms with van der Waals surface area (Å²) in [5.74, 6) is 0. The lowest BCUT2D eigenvalue weighted by Gasteiger charge is -2.20. The molecule has 0 saturated heterocycles. The van der Waals surface area contributed by atoms with Crippen LogP contribution in [0.25, 0.3) is 10.8 Å². The third-order valence-electron chi connectivity index (χ3n) is 4.06. The summed E-state index contributed by atoms with van der Waals surface area (Å²) in [6, 6.07) is 18.9. The van der Waals surface area contributed by atoms with Gasteiger partial charge in [0.2, 0.25) is 0 Å². The molecule has 0 aliphatic carbocycles. The van der Waals surface area contributed by atoms with E-state index in [9.17, 15) is 0 Å². The molecule has 0 aromatic heterocycles. The van der Waals surface area contributed by atoms with E-state index in [0.717, 1.165) is 10.0 Å². The van der Waals surface area contributed by atoms with Gasteiger partial charge in [0.25, 0.3) is 0 Å². The first-order valence-electron chi connectivity index (χ1n) is 7.08. The van der Waals surface area contributed by atoms with Crippen LogP contribution in [0.2, 0.25) is 0 Å². The molecule has 0 fully saturated rings. The second-order valence-electron chi connectivity index (χ2n) is 5.47. The predicted molar refractivity (Wildman–Crippen MR) is 93.6 cm³/mol. The number of halogens is 1. The van der Waals surface area contributed by atoms with Gasteiger partial charge in [0.1, 0.15) is 0 Å². The molecule has 0 amide bonds. The zero-order valence-corrected chi connectivity index (χ0v) is 13.8. The summed E-state index contributed by atoms with van der Waals surface area (Å²) < 4.78 is 1.10. The average molecular weight is 340 g/mol. The fourth-order valence-electron chi connectivity index (χ4n) is 2.88. The average Bonchev–Trinajstić information content (AvgIpc) is 2.49. The number of aryl methyl sites for hydroxylation is 2. The van der Waals surface area contributed by atoms with Crippen molar-refractivity contribution in [2.45, 2.75) is 19.9 Å². The Labute approximate surface area is 133 Å². The number of benzene rings is 3. The minimum Gasteiger partial charge on any atom is -0.320 e. The lowest BCUT2D eigenvalue weighted by molar-refractivity contribution is 0.863. The van der Waals surface area contributed by atoms with Crippen LogP contribution in [-0.4, -0.2) is 0 Å². The van der Waals surface area contributed by atoms with Crippen molar-refractivity contribution < 1.29 is 0 Å². The van der Waals surface area contributed by atoms with Crippen LogP contribution < -0.4 is 5.73 Å². The number of hydrogen-bond donors (Lipinski definition) is 1. The van der Waals surface area contributed by atoms with Crippen LogP contribution in [0.5, 0.6) is 0 Å². The molecule has 3 aromatic rings. The lowest BCUT2D eigenvalue weighted by Crippen LogP contribution is -2.14. The molecule has 0 aliphatic heterocycles. The monoisotopic (exact) mass is 339 g/mol. The highest BCUT2D eigenvalue weighted by Gasteiger charge is 2.17. The van der Waals surface area contributed by atoms with E-state index in [1.165, 1.54) is 27.5 Å². The van der Waals surface area contributed by atoms with Crippen molar-refractivity contribution in [3.63, 3.8) is 0 Å². The van der Waals surface area contributed by atoms with E-state index >= 15 is 0 Å². The summed E-state index contributed by atoms with van der Waals surface area (Å²) in [6.07, 6.45) is 0. The molecular weight excluding hydrogens is 322 g/mol. The molecule has 21 heavy (non-hydrogen) atoms. The number of hydrogen-bond acceptors (Lipinski definition) is 1. The van der Waals surface area contributed by atoms with Gasteiger partial charge in [-0.1, -0.05) is 70.5 Å². The van der Waals surface area contributed by atoms with Crippen LogP contribution >= 0.6 is 15.9 Å².